The number of nitrogens with zero attached hydrogens (tertiary/aromatic N) is 1. The molecule has 7 nitrogen and oxygen atoms in total. The smallest absolute Gasteiger partial charge is 0.338 e. The SMILES string of the molecule is Cc1ccc(C)c(N2C(=O)c3ccc(C(=O)OC(C)C(=O)Nc4cccc(C)c4C)cc3C2=O)c1. The number of esters is 1. The summed E-state index contributed by atoms with van der Waals surface area (Å²) >= 11 is 0. The van der Waals surface area contributed by atoms with Crippen LogP contribution in [0.25, 0.3) is 0 Å². The molecule has 3 amide bonds. The quantitative estimate of drug-likeness (QED) is 0.423. The van der Waals surface area contributed by atoms with E-state index in [0.29, 0.717) is 11.4 Å². The summed E-state index contributed by atoms with van der Waals surface area (Å²) in [5, 5.41) is 2.77. The minimum Gasteiger partial charge on any atom is -0.449 e. The highest BCUT2D eigenvalue weighted by Gasteiger charge is 2.38. The highest BCUT2D eigenvalue weighted by Crippen LogP contribution is 2.32. The molecule has 178 valence electrons. The molecular weight excluding hydrogens is 444 g/mol. The van der Waals surface area contributed by atoms with Gasteiger partial charge in [0.05, 0.1) is 22.4 Å². The molecule has 1 aliphatic heterocycles. The van der Waals surface area contributed by atoms with Gasteiger partial charge in [-0.1, -0.05) is 24.3 Å². The number of nitrogens with one attached hydrogen (secondary N) is 1. The summed E-state index contributed by atoms with van der Waals surface area (Å²) in [6.45, 7) is 9.02. The molecule has 0 spiro atoms. The van der Waals surface area contributed by atoms with Gasteiger partial charge >= 0.3 is 5.97 Å². The largest absolute Gasteiger partial charge is 0.449 e. The van der Waals surface area contributed by atoms with E-state index in [4.69, 9.17) is 4.74 Å². The van der Waals surface area contributed by atoms with Crippen molar-refractivity contribution in [2.75, 3.05) is 10.2 Å². The Morgan fingerprint density at radius 1 is 0.857 bits per heavy atom. The van der Waals surface area contributed by atoms with Gasteiger partial charge in [0.2, 0.25) is 0 Å². The van der Waals surface area contributed by atoms with Gasteiger partial charge in [-0.05, 0) is 87.2 Å². The predicted molar refractivity (Wildman–Crippen MR) is 133 cm³/mol. The molecule has 0 saturated heterocycles. The van der Waals surface area contributed by atoms with Crippen molar-refractivity contribution in [3.63, 3.8) is 0 Å². The fourth-order valence-corrected chi connectivity index (χ4v) is 3.95. The van der Waals surface area contributed by atoms with Crippen LogP contribution in [0, 0.1) is 27.7 Å². The lowest BCUT2D eigenvalue weighted by molar-refractivity contribution is -0.123. The van der Waals surface area contributed by atoms with Crippen LogP contribution in [0.5, 0.6) is 0 Å². The third-order valence-corrected chi connectivity index (χ3v) is 6.24. The number of hydrogen-bond donors (Lipinski definition) is 1. The molecule has 7 heteroatoms. The van der Waals surface area contributed by atoms with Crippen molar-refractivity contribution in [3.05, 3.63) is 93.5 Å². The second-order valence-electron chi connectivity index (χ2n) is 8.78. The normalized spacial score (nSPS) is 13.5. The summed E-state index contributed by atoms with van der Waals surface area (Å²) < 4.78 is 5.35. The Bertz CT molecular complexity index is 1390. The number of benzene rings is 3. The Morgan fingerprint density at radius 3 is 2.31 bits per heavy atom. The first-order valence-corrected chi connectivity index (χ1v) is 11.3. The Balaban J connectivity index is 1.51. The van der Waals surface area contributed by atoms with Crippen LogP contribution in [0.1, 0.15) is 60.3 Å². The Hall–Kier alpha value is -4.26. The molecule has 1 aliphatic rings. The fourth-order valence-electron chi connectivity index (χ4n) is 3.95. The molecular formula is C28H26N2O5. The van der Waals surface area contributed by atoms with Gasteiger partial charge < -0.3 is 10.1 Å². The topological polar surface area (TPSA) is 92.8 Å². The van der Waals surface area contributed by atoms with Crippen LogP contribution in [0.3, 0.4) is 0 Å². The summed E-state index contributed by atoms with van der Waals surface area (Å²) in [5.41, 5.74) is 5.23. The summed E-state index contributed by atoms with van der Waals surface area (Å²) in [5.74, 6) is -2.18. The molecule has 0 aromatic heterocycles. The average molecular weight is 471 g/mol. The van der Waals surface area contributed by atoms with Gasteiger partial charge in [0, 0.05) is 5.69 Å². The third-order valence-electron chi connectivity index (χ3n) is 6.24. The van der Waals surface area contributed by atoms with Crippen LogP contribution in [0.2, 0.25) is 0 Å². The number of rotatable bonds is 5. The van der Waals surface area contributed by atoms with E-state index in [9.17, 15) is 19.2 Å². The standard InChI is InChI=1S/C28H26N2O5/c1-15-9-10-17(3)24(13-15)30-26(32)21-12-11-20(14-22(21)27(30)33)28(34)35-19(5)25(31)29-23-8-6-7-16(2)18(23)4/h6-14,19H,1-5H3,(H,29,31). The first kappa shape index (κ1) is 23.9. The first-order chi connectivity index (χ1) is 16.6. The fraction of sp³-hybridized carbons (Fsp3) is 0.214. The molecule has 0 radical (unpaired) electrons. The third kappa shape index (κ3) is 4.45. The van der Waals surface area contributed by atoms with Crippen LogP contribution in [-0.4, -0.2) is 29.8 Å². The summed E-state index contributed by atoms with van der Waals surface area (Å²) in [4.78, 5) is 52.6. The molecule has 0 fully saturated rings. The van der Waals surface area contributed by atoms with E-state index in [-0.39, 0.29) is 16.7 Å². The zero-order valence-electron chi connectivity index (χ0n) is 20.3. The van der Waals surface area contributed by atoms with Gasteiger partial charge in [-0.3, -0.25) is 14.4 Å². The summed E-state index contributed by atoms with van der Waals surface area (Å²) in [6.07, 6.45) is -1.07. The van der Waals surface area contributed by atoms with Gasteiger partial charge in [-0.2, -0.15) is 0 Å². The average Bonchev–Trinajstić information content (AvgIpc) is 3.07. The molecule has 0 saturated carbocycles. The number of ether oxygens (including phenoxy) is 1. The second-order valence-corrected chi connectivity index (χ2v) is 8.78. The van der Waals surface area contributed by atoms with Crippen LogP contribution in [-0.2, 0) is 9.53 Å². The molecule has 0 bridgehead atoms. The molecule has 4 rings (SSSR count). The number of hydrogen-bond acceptors (Lipinski definition) is 5. The maximum atomic E-state index is 13.1. The number of carbonyl (C=O) groups is 4. The lowest BCUT2D eigenvalue weighted by atomic mass is 10.1. The highest BCUT2D eigenvalue weighted by atomic mass is 16.5. The monoisotopic (exact) mass is 470 g/mol. The van der Waals surface area contributed by atoms with E-state index in [1.807, 2.05) is 52.0 Å². The number of amides is 3. The van der Waals surface area contributed by atoms with Crippen molar-refractivity contribution in [2.24, 2.45) is 0 Å². The van der Waals surface area contributed by atoms with E-state index in [1.165, 1.54) is 25.1 Å². The van der Waals surface area contributed by atoms with Crippen LogP contribution in [0.15, 0.2) is 54.6 Å². The van der Waals surface area contributed by atoms with Gasteiger partial charge in [-0.15, -0.1) is 0 Å². The minimum absolute atomic E-state index is 0.0825. The van der Waals surface area contributed by atoms with Crippen LogP contribution in [0.4, 0.5) is 11.4 Å². The Labute approximate surface area is 203 Å². The molecule has 3 aromatic carbocycles. The van der Waals surface area contributed by atoms with Crippen LogP contribution < -0.4 is 10.2 Å². The van der Waals surface area contributed by atoms with E-state index >= 15 is 0 Å². The summed E-state index contributed by atoms with van der Waals surface area (Å²) in [7, 11) is 0. The number of anilines is 2. The Morgan fingerprint density at radius 2 is 1.57 bits per heavy atom. The first-order valence-electron chi connectivity index (χ1n) is 11.3. The van der Waals surface area contributed by atoms with Gasteiger partial charge in [0.1, 0.15) is 0 Å². The summed E-state index contributed by atoms with van der Waals surface area (Å²) in [6, 6.07) is 15.3. The van der Waals surface area contributed by atoms with Gasteiger partial charge in [0.15, 0.2) is 6.10 Å². The zero-order valence-corrected chi connectivity index (χ0v) is 20.3. The van der Waals surface area contributed by atoms with Crippen molar-refractivity contribution in [1.82, 2.24) is 0 Å². The lowest BCUT2D eigenvalue weighted by Crippen LogP contribution is -2.30. The lowest BCUT2D eigenvalue weighted by Gasteiger charge is -2.17. The number of imide groups is 1. The number of aryl methyl sites for hydroxylation is 3. The molecule has 1 heterocycles. The molecule has 35 heavy (non-hydrogen) atoms. The molecule has 3 aromatic rings. The zero-order chi connectivity index (χ0) is 25.4. The van der Waals surface area contributed by atoms with Crippen molar-refractivity contribution in [2.45, 2.75) is 40.7 Å². The van der Waals surface area contributed by atoms with Crippen molar-refractivity contribution >= 4 is 35.1 Å². The Kier molecular flexibility index (Phi) is 6.26. The van der Waals surface area contributed by atoms with E-state index in [2.05, 4.69) is 5.32 Å². The van der Waals surface area contributed by atoms with Gasteiger partial charge in [0.25, 0.3) is 17.7 Å². The molecule has 0 aliphatic carbocycles. The number of carbonyl (C=O) groups excluding carboxylic acids is 4. The minimum atomic E-state index is -1.07. The molecule has 1 N–H and O–H groups in total. The highest BCUT2D eigenvalue weighted by molar-refractivity contribution is 6.35. The predicted octanol–water partition coefficient (Wildman–Crippen LogP) is 4.90. The van der Waals surface area contributed by atoms with Crippen molar-refractivity contribution in [1.29, 1.82) is 0 Å². The van der Waals surface area contributed by atoms with Crippen molar-refractivity contribution < 1.29 is 23.9 Å². The van der Waals surface area contributed by atoms with Crippen molar-refractivity contribution in [3.8, 4) is 0 Å². The van der Waals surface area contributed by atoms with Gasteiger partial charge in [-0.25, -0.2) is 9.69 Å². The number of fused-ring (bicyclic) bond motifs is 1. The van der Waals surface area contributed by atoms with E-state index < -0.39 is 29.8 Å². The maximum absolute atomic E-state index is 13.1. The van der Waals surface area contributed by atoms with Crippen LogP contribution >= 0.6 is 0 Å². The van der Waals surface area contributed by atoms with E-state index in [0.717, 1.165) is 27.2 Å². The second kappa shape index (κ2) is 9.18. The van der Waals surface area contributed by atoms with E-state index in [1.54, 1.807) is 12.1 Å². The molecule has 1 atom stereocenters. The molecule has 1 unspecified atom stereocenters. The maximum Gasteiger partial charge on any atom is 0.338 e.